The van der Waals surface area contributed by atoms with Gasteiger partial charge in [0.15, 0.2) is 0 Å². The highest BCUT2D eigenvalue weighted by molar-refractivity contribution is 5.41. The lowest BCUT2D eigenvalue weighted by molar-refractivity contribution is 0.406. The van der Waals surface area contributed by atoms with Gasteiger partial charge in [0.25, 0.3) is 0 Å². The third-order valence-electron chi connectivity index (χ3n) is 3.77. The van der Waals surface area contributed by atoms with Gasteiger partial charge >= 0.3 is 0 Å². The van der Waals surface area contributed by atoms with Crippen molar-refractivity contribution >= 4 is 0 Å². The van der Waals surface area contributed by atoms with Crippen molar-refractivity contribution < 1.29 is 9.13 Å². The lowest BCUT2D eigenvalue weighted by Gasteiger charge is -2.19. The SMILES string of the molecule is CNC(Cc1ncc(C)c(OC)c1C)c1ccc(F)cc1. The fraction of sp³-hybridized carbons (Fsp3) is 0.353. The molecule has 3 nitrogen and oxygen atoms in total. The third kappa shape index (κ3) is 3.39. The Balaban J connectivity index is 2.29. The van der Waals surface area contributed by atoms with Gasteiger partial charge in [-0.3, -0.25) is 4.98 Å². The standard InChI is InChI=1S/C17H21FN2O/c1-11-10-20-15(12(2)17(11)21-4)9-16(19-3)13-5-7-14(18)8-6-13/h5-8,10,16,19H,9H2,1-4H3. The Morgan fingerprint density at radius 2 is 1.90 bits per heavy atom. The first kappa shape index (κ1) is 15.4. The summed E-state index contributed by atoms with van der Waals surface area (Å²) in [5, 5.41) is 3.26. The maximum absolute atomic E-state index is 13.0. The van der Waals surface area contributed by atoms with E-state index >= 15 is 0 Å². The van der Waals surface area contributed by atoms with Crippen LogP contribution < -0.4 is 10.1 Å². The first-order chi connectivity index (χ1) is 10.1. The number of rotatable bonds is 5. The highest BCUT2D eigenvalue weighted by Gasteiger charge is 2.15. The van der Waals surface area contributed by atoms with Crippen LogP contribution in [-0.2, 0) is 6.42 Å². The minimum absolute atomic E-state index is 0.0872. The van der Waals surface area contributed by atoms with Crippen molar-refractivity contribution in [3.8, 4) is 5.75 Å². The molecule has 4 heteroatoms. The van der Waals surface area contributed by atoms with Crippen LogP contribution in [-0.4, -0.2) is 19.1 Å². The monoisotopic (exact) mass is 288 g/mol. The number of nitrogens with zero attached hydrogens (tertiary/aromatic N) is 1. The Labute approximate surface area is 125 Å². The Kier molecular flexibility index (Phi) is 4.91. The zero-order chi connectivity index (χ0) is 15.4. The molecule has 0 saturated heterocycles. The van der Waals surface area contributed by atoms with Crippen LogP contribution in [0.5, 0.6) is 5.75 Å². The van der Waals surface area contributed by atoms with Gasteiger partial charge in [0, 0.05) is 35.5 Å². The Morgan fingerprint density at radius 3 is 2.48 bits per heavy atom. The number of hydrogen-bond donors (Lipinski definition) is 1. The fourth-order valence-electron chi connectivity index (χ4n) is 2.55. The van der Waals surface area contributed by atoms with E-state index in [1.807, 2.05) is 27.1 Å². The van der Waals surface area contributed by atoms with Crippen LogP contribution in [0.2, 0.25) is 0 Å². The smallest absolute Gasteiger partial charge is 0.128 e. The molecule has 1 unspecified atom stereocenters. The van der Waals surface area contributed by atoms with E-state index in [1.54, 1.807) is 19.2 Å². The quantitative estimate of drug-likeness (QED) is 0.916. The topological polar surface area (TPSA) is 34.2 Å². The predicted octanol–water partition coefficient (Wildman–Crippen LogP) is 3.35. The summed E-state index contributed by atoms with van der Waals surface area (Å²) >= 11 is 0. The number of ether oxygens (including phenoxy) is 1. The van der Waals surface area contributed by atoms with Crippen molar-refractivity contribution in [2.24, 2.45) is 0 Å². The second-order valence-corrected chi connectivity index (χ2v) is 5.14. The van der Waals surface area contributed by atoms with Gasteiger partial charge in [-0.2, -0.15) is 0 Å². The van der Waals surface area contributed by atoms with E-state index in [9.17, 15) is 4.39 Å². The van der Waals surface area contributed by atoms with Crippen LogP contribution in [0.3, 0.4) is 0 Å². The van der Waals surface area contributed by atoms with Gasteiger partial charge in [-0.05, 0) is 38.6 Å². The van der Waals surface area contributed by atoms with Crippen molar-refractivity contribution in [3.63, 3.8) is 0 Å². The highest BCUT2D eigenvalue weighted by atomic mass is 19.1. The molecule has 1 aromatic heterocycles. The first-order valence-electron chi connectivity index (χ1n) is 6.98. The summed E-state index contributed by atoms with van der Waals surface area (Å²) in [6, 6.07) is 6.66. The second kappa shape index (κ2) is 6.68. The molecule has 2 aromatic rings. The fourth-order valence-corrected chi connectivity index (χ4v) is 2.55. The van der Waals surface area contributed by atoms with Crippen molar-refractivity contribution in [2.45, 2.75) is 26.3 Å². The number of pyridine rings is 1. The van der Waals surface area contributed by atoms with E-state index in [-0.39, 0.29) is 11.9 Å². The van der Waals surface area contributed by atoms with Gasteiger partial charge in [-0.15, -0.1) is 0 Å². The number of methoxy groups -OCH3 is 1. The Hall–Kier alpha value is -1.94. The highest BCUT2D eigenvalue weighted by Crippen LogP contribution is 2.27. The minimum Gasteiger partial charge on any atom is -0.496 e. The van der Waals surface area contributed by atoms with Gasteiger partial charge in [-0.25, -0.2) is 4.39 Å². The molecule has 21 heavy (non-hydrogen) atoms. The number of aryl methyl sites for hydroxylation is 1. The molecular formula is C17H21FN2O. The Morgan fingerprint density at radius 1 is 1.24 bits per heavy atom. The van der Waals surface area contributed by atoms with Crippen LogP contribution in [0, 0.1) is 19.7 Å². The molecule has 0 aliphatic carbocycles. The molecule has 0 spiro atoms. The molecule has 1 N–H and O–H groups in total. The van der Waals surface area contributed by atoms with Crippen LogP contribution in [0.25, 0.3) is 0 Å². The molecule has 0 bridgehead atoms. The lowest BCUT2D eigenvalue weighted by Crippen LogP contribution is -2.20. The second-order valence-electron chi connectivity index (χ2n) is 5.14. The molecule has 0 fully saturated rings. The van der Waals surface area contributed by atoms with E-state index in [4.69, 9.17) is 4.74 Å². The molecule has 1 heterocycles. The average Bonchev–Trinajstić information content (AvgIpc) is 2.48. The molecule has 0 aliphatic rings. The molecule has 0 radical (unpaired) electrons. The number of hydrogen-bond acceptors (Lipinski definition) is 3. The zero-order valence-electron chi connectivity index (χ0n) is 12.9. The normalized spacial score (nSPS) is 12.2. The molecule has 1 atom stereocenters. The largest absolute Gasteiger partial charge is 0.496 e. The molecular weight excluding hydrogens is 267 g/mol. The van der Waals surface area contributed by atoms with Crippen molar-refractivity contribution in [1.29, 1.82) is 0 Å². The summed E-state index contributed by atoms with van der Waals surface area (Å²) in [5.74, 6) is 0.661. The maximum atomic E-state index is 13.0. The summed E-state index contributed by atoms with van der Waals surface area (Å²) < 4.78 is 18.5. The van der Waals surface area contributed by atoms with Gasteiger partial charge in [0.2, 0.25) is 0 Å². The molecule has 0 saturated carbocycles. The van der Waals surface area contributed by atoms with Crippen molar-refractivity contribution in [2.75, 3.05) is 14.2 Å². The Bertz CT molecular complexity index is 611. The van der Waals surface area contributed by atoms with E-state index in [0.29, 0.717) is 0 Å². The predicted molar refractivity (Wildman–Crippen MR) is 82.2 cm³/mol. The number of likely N-dealkylation sites (N-methyl/N-ethyl adjacent to an activating group) is 1. The van der Waals surface area contributed by atoms with Gasteiger partial charge < -0.3 is 10.1 Å². The van der Waals surface area contributed by atoms with Crippen molar-refractivity contribution in [1.82, 2.24) is 10.3 Å². The maximum Gasteiger partial charge on any atom is 0.128 e. The number of benzene rings is 1. The zero-order valence-corrected chi connectivity index (χ0v) is 12.9. The molecule has 1 aromatic carbocycles. The van der Waals surface area contributed by atoms with E-state index in [1.165, 1.54) is 12.1 Å². The molecule has 0 aliphatic heterocycles. The molecule has 2 rings (SSSR count). The van der Waals surface area contributed by atoms with Crippen LogP contribution in [0.4, 0.5) is 4.39 Å². The first-order valence-corrected chi connectivity index (χ1v) is 6.98. The van der Waals surface area contributed by atoms with E-state index in [2.05, 4.69) is 10.3 Å². The summed E-state index contributed by atoms with van der Waals surface area (Å²) in [6.07, 6.45) is 2.56. The van der Waals surface area contributed by atoms with Gasteiger partial charge in [0.1, 0.15) is 11.6 Å². The van der Waals surface area contributed by atoms with Gasteiger partial charge in [-0.1, -0.05) is 12.1 Å². The third-order valence-corrected chi connectivity index (χ3v) is 3.77. The minimum atomic E-state index is -0.222. The van der Waals surface area contributed by atoms with E-state index in [0.717, 1.165) is 34.6 Å². The van der Waals surface area contributed by atoms with Gasteiger partial charge in [0.05, 0.1) is 7.11 Å². The average molecular weight is 288 g/mol. The number of halogens is 1. The molecule has 0 amide bonds. The molecule has 112 valence electrons. The summed E-state index contributed by atoms with van der Waals surface area (Å²) in [7, 11) is 3.57. The van der Waals surface area contributed by atoms with Crippen LogP contribution in [0.1, 0.15) is 28.4 Å². The number of aromatic nitrogens is 1. The lowest BCUT2D eigenvalue weighted by atomic mass is 9.99. The van der Waals surface area contributed by atoms with E-state index < -0.39 is 0 Å². The summed E-state index contributed by atoms with van der Waals surface area (Å²) in [4.78, 5) is 4.52. The number of nitrogens with one attached hydrogen (secondary N) is 1. The van der Waals surface area contributed by atoms with Crippen molar-refractivity contribution in [3.05, 3.63) is 58.7 Å². The van der Waals surface area contributed by atoms with Crippen LogP contribution >= 0.6 is 0 Å². The summed E-state index contributed by atoms with van der Waals surface area (Å²) in [6.45, 7) is 4.00. The van der Waals surface area contributed by atoms with Crippen LogP contribution in [0.15, 0.2) is 30.5 Å². The summed E-state index contributed by atoms with van der Waals surface area (Å²) in [5.41, 5.74) is 4.11.